The largest absolute Gasteiger partial charge is 0.452 e. The molecule has 0 aromatic carbocycles. The van der Waals surface area contributed by atoms with E-state index in [-0.39, 0.29) is 18.2 Å². The Bertz CT molecular complexity index is 395. The zero-order valence-corrected chi connectivity index (χ0v) is 13.6. The van der Waals surface area contributed by atoms with Crippen molar-refractivity contribution in [3.8, 4) is 0 Å². The second kappa shape index (κ2) is 6.46. The summed E-state index contributed by atoms with van der Waals surface area (Å²) >= 11 is 0. The van der Waals surface area contributed by atoms with Crippen molar-refractivity contribution in [2.24, 2.45) is 0 Å². The highest BCUT2D eigenvalue weighted by molar-refractivity contribution is 5.87. The molecule has 2 saturated heterocycles. The average Bonchev–Trinajstić information content (AvgIpc) is 2.85. The monoisotopic (exact) mass is 297 g/mol. The van der Waals surface area contributed by atoms with Crippen LogP contribution >= 0.6 is 0 Å². The standard InChI is InChI=1S/C16H27NO4/c1-6-7-8-14(19-15(18)11(2)3)16-17(9-12(4)20-16)10-13(5)21-16/h12-14H,2,6-10H2,1,3-5H3. The first-order valence-electron chi connectivity index (χ1n) is 7.86. The van der Waals surface area contributed by atoms with Gasteiger partial charge in [0.1, 0.15) is 0 Å². The van der Waals surface area contributed by atoms with Crippen LogP contribution in [0.3, 0.4) is 0 Å². The molecule has 0 saturated carbocycles. The third-order valence-electron chi connectivity index (χ3n) is 3.96. The highest BCUT2D eigenvalue weighted by Gasteiger charge is 2.59. The number of carbonyl (C=O) groups excluding carboxylic acids is 1. The van der Waals surface area contributed by atoms with Crippen molar-refractivity contribution >= 4 is 5.97 Å². The molecule has 2 rings (SSSR count). The van der Waals surface area contributed by atoms with E-state index in [1.807, 2.05) is 13.8 Å². The van der Waals surface area contributed by atoms with E-state index in [9.17, 15) is 4.79 Å². The molecule has 0 N–H and O–H groups in total. The summed E-state index contributed by atoms with van der Waals surface area (Å²) < 4.78 is 17.8. The van der Waals surface area contributed by atoms with E-state index < -0.39 is 12.0 Å². The molecule has 0 spiro atoms. The van der Waals surface area contributed by atoms with Crippen molar-refractivity contribution in [3.63, 3.8) is 0 Å². The molecule has 5 heteroatoms. The van der Waals surface area contributed by atoms with Crippen molar-refractivity contribution in [2.45, 2.75) is 71.2 Å². The Morgan fingerprint density at radius 1 is 1.38 bits per heavy atom. The molecular formula is C16H27NO4. The number of rotatable bonds is 6. The molecule has 2 aliphatic heterocycles. The second-order valence-corrected chi connectivity index (χ2v) is 6.21. The maximum absolute atomic E-state index is 12.0. The van der Waals surface area contributed by atoms with Crippen LogP contribution < -0.4 is 0 Å². The molecule has 2 heterocycles. The Hall–Kier alpha value is -0.910. The van der Waals surface area contributed by atoms with E-state index in [2.05, 4.69) is 18.4 Å². The number of hydrogen-bond acceptors (Lipinski definition) is 5. The third kappa shape index (κ3) is 3.30. The Balaban J connectivity index is 2.20. The van der Waals surface area contributed by atoms with Crippen LogP contribution in [0.5, 0.6) is 0 Å². The first-order chi connectivity index (χ1) is 9.89. The molecule has 5 nitrogen and oxygen atoms in total. The van der Waals surface area contributed by atoms with Gasteiger partial charge in [0.2, 0.25) is 0 Å². The van der Waals surface area contributed by atoms with Crippen LogP contribution in [0.1, 0.15) is 47.0 Å². The number of hydrogen-bond donors (Lipinski definition) is 0. The quantitative estimate of drug-likeness (QED) is 0.557. The average molecular weight is 297 g/mol. The number of unbranched alkanes of at least 4 members (excludes halogenated alkanes) is 1. The van der Waals surface area contributed by atoms with Crippen LogP contribution in [0.15, 0.2) is 12.2 Å². The van der Waals surface area contributed by atoms with E-state index in [0.29, 0.717) is 5.57 Å². The lowest BCUT2D eigenvalue weighted by Crippen LogP contribution is -2.53. The lowest BCUT2D eigenvalue weighted by Gasteiger charge is -2.36. The first-order valence-corrected chi connectivity index (χ1v) is 7.86. The summed E-state index contributed by atoms with van der Waals surface area (Å²) in [4.78, 5) is 14.1. The lowest BCUT2D eigenvalue weighted by atomic mass is 10.1. The van der Waals surface area contributed by atoms with Gasteiger partial charge >= 0.3 is 5.97 Å². The van der Waals surface area contributed by atoms with Crippen LogP contribution in [0, 0.1) is 0 Å². The van der Waals surface area contributed by atoms with E-state index >= 15 is 0 Å². The summed E-state index contributed by atoms with van der Waals surface area (Å²) in [5.74, 6) is -1.30. The molecule has 0 radical (unpaired) electrons. The zero-order chi connectivity index (χ0) is 15.6. The molecule has 21 heavy (non-hydrogen) atoms. The van der Waals surface area contributed by atoms with Crippen LogP contribution in [0.4, 0.5) is 0 Å². The molecular weight excluding hydrogens is 270 g/mol. The maximum atomic E-state index is 12.0. The minimum atomic E-state index is -0.918. The molecule has 2 fully saturated rings. The molecule has 3 unspecified atom stereocenters. The third-order valence-corrected chi connectivity index (χ3v) is 3.96. The minimum Gasteiger partial charge on any atom is -0.452 e. The molecule has 0 aliphatic carbocycles. The fourth-order valence-corrected chi connectivity index (χ4v) is 3.07. The van der Waals surface area contributed by atoms with Crippen LogP contribution in [0.2, 0.25) is 0 Å². The van der Waals surface area contributed by atoms with Gasteiger partial charge < -0.3 is 14.2 Å². The molecule has 120 valence electrons. The number of ether oxygens (including phenoxy) is 3. The van der Waals surface area contributed by atoms with Gasteiger partial charge in [0.15, 0.2) is 6.10 Å². The summed E-state index contributed by atoms with van der Waals surface area (Å²) in [6.45, 7) is 13.1. The van der Waals surface area contributed by atoms with Crippen LogP contribution in [0.25, 0.3) is 0 Å². The van der Waals surface area contributed by atoms with Gasteiger partial charge in [-0.2, -0.15) is 0 Å². The number of esters is 1. The van der Waals surface area contributed by atoms with E-state index in [0.717, 1.165) is 32.4 Å². The van der Waals surface area contributed by atoms with Crippen LogP contribution in [-0.4, -0.2) is 48.2 Å². The zero-order valence-electron chi connectivity index (χ0n) is 13.6. The Morgan fingerprint density at radius 2 is 1.95 bits per heavy atom. The summed E-state index contributed by atoms with van der Waals surface area (Å²) in [6, 6.07) is 0. The fourth-order valence-electron chi connectivity index (χ4n) is 3.07. The number of nitrogens with zero attached hydrogens (tertiary/aromatic N) is 1. The molecule has 3 atom stereocenters. The van der Waals surface area contributed by atoms with Crippen LogP contribution in [-0.2, 0) is 19.0 Å². The van der Waals surface area contributed by atoms with Crippen molar-refractivity contribution < 1.29 is 19.0 Å². The van der Waals surface area contributed by atoms with Gasteiger partial charge in [-0.25, -0.2) is 9.69 Å². The van der Waals surface area contributed by atoms with Gasteiger partial charge in [0.25, 0.3) is 5.91 Å². The Morgan fingerprint density at radius 3 is 2.43 bits per heavy atom. The molecule has 0 amide bonds. The Kier molecular flexibility index (Phi) is 5.07. The summed E-state index contributed by atoms with van der Waals surface area (Å²) in [5, 5.41) is 0. The van der Waals surface area contributed by atoms with Gasteiger partial charge in [-0.3, -0.25) is 0 Å². The van der Waals surface area contributed by atoms with Crippen molar-refractivity contribution in [3.05, 3.63) is 12.2 Å². The second-order valence-electron chi connectivity index (χ2n) is 6.21. The molecule has 2 aliphatic rings. The summed E-state index contributed by atoms with van der Waals surface area (Å²) in [5.41, 5.74) is 0.400. The first kappa shape index (κ1) is 16.5. The number of carbonyl (C=O) groups is 1. The molecule has 0 bridgehead atoms. The smallest absolute Gasteiger partial charge is 0.333 e. The minimum absolute atomic E-state index is 0.0742. The summed E-state index contributed by atoms with van der Waals surface area (Å²) in [6.07, 6.45) is 2.44. The molecule has 0 aromatic rings. The fraction of sp³-hybridized carbons (Fsp3) is 0.812. The molecule has 0 aromatic heterocycles. The van der Waals surface area contributed by atoms with Crippen molar-refractivity contribution in [1.82, 2.24) is 4.90 Å². The van der Waals surface area contributed by atoms with Crippen molar-refractivity contribution in [2.75, 3.05) is 13.1 Å². The van der Waals surface area contributed by atoms with Gasteiger partial charge in [-0.1, -0.05) is 19.9 Å². The number of fused-ring (bicyclic) bond motifs is 1. The topological polar surface area (TPSA) is 48.0 Å². The van der Waals surface area contributed by atoms with Gasteiger partial charge in [0, 0.05) is 18.7 Å². The van der Waals surface area contributed by atoms with Gasteiger partial charge in [-0.05, 0) is 33.6 Å². The van der Waals surface area contributed by atoms with E-state index in [4.69, 9.17) is 14.2 Å². The van der Waals surface area contributed by atoms with Crippen molar-refractivity contribution in [1.29, 1.82) is 0 Å². The van der Waals surface area contributed by atoms with Gasteiger partial charge in [0.05, 0.1) is 12.2 Å². The SMILES string of the molecule is C=C(C)C(=O)OC(CCCC)C12OC(C)CN1CC(C)O2. The highest BCUT2D eigenvalue weighted by Crippen LogP contribution is 2.41. The van der Waals surface area contributed by atoms with Gasteiger partial charge in [-0.15, -0.1) is 0 Å². The predicted molar refractivity (Wildman–Crippen MR) is 79.6 cm³/mol. The highest BCUT2D eigenvalue weighted by atomic mass is 16.8. The maximum Gasteiger partial charge on any atom is 0.333 e. The Labute approximate surface area is 127 Å². The predicted octanol–water partition coefficient (Wildman–Crippen LogP) is 2.46. The van der Waals surface area contributed by atoms with E-state index in [1.54, 1.807) is 6.92 Å². The van der Waals surface area contributed by atoms with E-state index in [1.165, 1.54) is 0 Å². The summed E-state index contributed by atoms with van der Waals surface area (Å²) in [7, 11) is 0. The lowest BCUT2D eigenvalue weighted by molar-refractivity contribution is -0.303. The normalized spacial score (nSPS) is 33.7.